The summed E-state index contributed by atoms with van der Waals surface area (Å²) >= 11 is 0. The third kappa shape index (κ3) is 6.17. The van der Waals surface area contributed by atoms with Crippen LogP contribution in [0.15, 0.2) is 24.5 Å². The maximum atomic E-state index is 12.0. The van der Waals surface area contributed by atoms with Gasteiger partial charge in [0.2, 0.25) is 0 Å². The van der Waals surface area contributed by atoms with Gasteiger partial charge in [-0.15, -0.1) is 12.4 Å². The van der Waals surface area contributed by atoms with Gasteiger partial charge in [0, 0.05) is 44.6 Å². The smallest absolute Gasteiger partial charge is 0.371 e. The quantitative estimate of drug-likeness (QED) is 0.841. The van der Waals surface area contributed by atoms with E-state index in [0.29, 0.717) is 6.54 Å². The third-order valence-electron chi connectivity index (χ3n) is 3.21. The minimum absolute atomic E-state index is 0. The molecule has 1 aliphatic heterocycles. The number of nitrogens with one attached hydrogen (secondary N) is 1. The number of alkyl halides is 3. The number of rotatable bonds is 5. The zero-order valence-electron chi connectivity index (χ0n) is 11.5. The second kappa shape index (κ2) is 8.53. The molecule has 1 unspecified atom stereocenters. The lowest BCUT2D eigenvalue weighted by molar-refractivity contribution is -0.175. The summed E-state index contributed by atoms with van der Waals surface area (Å²) in [4.78, 5) is 6.22. The molecule has 0 aliphatic carbocycles. The van der Waals surface area contributed by atoms with E-state index in [0.717, 1.165) is 25.2 Å². The second-order valence-corrected chi connectivity index (χ2v) is 4.71. The van der Waals surface area contributed by atoms with Crippen molar-refractivity contribution in [1.29, 1.82) is 0 Å². The number of nitrogens with zero attached hydrogens (tertiary/aromatic N) is 2. The molecule has 1 aromatic rings. The molecule has 0 spiro atoms. The maximum absolute atomic E-state index is 12.0. The van der Waals surface area contributed by atoms with Gasteiger partial charge in [-0.05, 0) is 11.6 Å². The molecule has 4 nitrogen and oxygen atoms in total. The molecule has 21 heavy (non-hydrogen) atoms. The van der Waals surface area contributed by atoms with Crippen LogP contribution in [0.4, 0.5) is 13.2 Å². The van der Waals surface area contributed by atoms with Gasteiger partial charge < -0.3 is 10.1 Å². The van der Waals surface area contributed by atoms with Crippen molar-refractivity contribution >= 4 is 12.4 Å². The number of aromatic nitrogens is 1. The number of pyridine rings is 1. The number of halogens is 4. The fourth-order valence-electron chi connectivity index (χ4n) is 2.29. The van der Waals surface area contributed by atoms with E-state index in [9.17, 15) is 13.2 Å². The molecule has 1 fully saturated rings. The predicted molar refractivity (Wildman–Crippen MR) is 75.5 cm³/mol. The Morgan fingerprint density at radius 1 is 1.43 bits per heavy atom. The number of hydrogen-bond donors (Lipinski definition) is 1. The summed E-state index contributed by atoms with van der Waals surface area (Å²) in [6.07, 6.45) is -0.760. The van der Waals surface area contributed by atoms with Crippen LogP contribution in [0.3, 0.4) is 0 Å². The lowest BCUT2D eigenvalue weighted by Gasteiger charge is -2.36. The summed E-state index contributed by atoms with van der Waals surface area (Å²) in [5.41, 5.74) is 1.07. The Kier molecular flexibility index (Phi) is 7.37. The molecule has 2 heterocycles. The lowest BCUT2D eigenvalue weighted by atomic mass is 10.1. The first-order valence-corrected chi connectivity index (χ1v) is 6.55. The van der Waals surface area contributed by atoms with Crippen LogP contribution in [-0.4, -0.2) is 55.5 Å². The van der Waals surface area contributed by atoms with E-state index >= 15 is 0 Å². The molecule has 1 aromatic heterocycles. The van der Waals surface area contributed by atoms with E-state index in [1.54, 1.807) is 12.4 Å². The van der Waals surface area contributed by atoms with Crippen molar-refractivity contribution in [2.24, 2.45) is 0 Å². The first-order valence-electron chi connectivity index (χ1n) is 6.55. The van der Waals surface area contributed by atoms with Gasteiger partial charge in [-0.25, -0.2) is 0 Å². The van der Waals surface area contributed by atoms with Gasteiger partial charge in [0.25, 0.3) is 0 Å². The molecule has 1 aliphatic rings. The Balaban J connectivity index is 0.00000220. The van der Waals surface area contributed by atoms with Crippen LogP contribution in [0.1, 0.15) is 11.6 Å². The summed E-state index contributed by atoms with van der Waals surface area (Å²) in [5, 5.41) is 3.29. The highest BCUT2D eigenvalue weighted by Gasteiger charge is 2.28. The minimum Gasteiger partial charge on any atom is -0.371 e. The van der Waals surface area contributed by atoms with Gasteiger partial charge in [0.15, 0.2) is 0 Å². The van der Waals surface area contributed by atoms with E-state index in [-0.39, 0.29) is 25.1 Å². The molecule has 0 amide bonds. The van der Waals surface area contributed by atoms with Gasteiger partial charge in [0.1, 0.15) is 6.61 Å². The molecule has 1 atom stereocenters. The first kappa shape index (κ1) is 18.2. The highest BCUT2D eigenvalue weighted by Crippen LogP contribution is 2.21. The van der Waals surface area contributed by atoms with E-state index in [1.165, 1.54) is 0 Å². The summed E-state index contributed by atoms with van der Waals surface area (Å²) in [7, 11) is 0. The van der Waals surface area contributed by atoms with Gasteiger partial charge >= 0.3 is 6.18 Å². The first-order chi connectivity index (χ1) is 9.56. The normalized spacial score (nSPS) is 20.0. The molecule has 2 rings (SSSR count). The zero-order valence-corrected chi connectivity index (χ0v) is 12.3. The molecule has 0 saturated carbocycles. The molecule has 0 aromatic carbocycles. The highest BCUT2D eigenvalue weighted by molar-refractivity contribution is 5.85. The number of ether oxygens (including phenoxy) is 1. The maximum Gasteiger partial charge on any atom is 0.411 e. The molecule has 8 heteroatoms. The predicted octanol–water partition coefficient (Wildman–Crippen LogP) is 2.03. The van der Waals surface area contributed by atoms with E-state index < -0.39 is 12.8 Å². The fraction of sp³-hybridized carbons (Fsp3) is 0.615. The van der Waals surface area contributed by atoms with Crippen LogP contribution in [-0.2, 0) is 4.74 Å². The zero-order chi connectivity index (χ0) is 14.4. The minimum atomic E-state index is -4.26. The highest BCUT2D eigenvalue weighted by atomic mass is 35.5. The van der Waals surface area contributed by atoms with Gasteiger partial charge in [-0.2, -0.15) is 13.2 Å². The topological polar surface area (TPSA) is 37.4 Å². The summed E-state index contributed by atoms with van der Waals surface area (Å²) in [5.74, 6) is 0. The lowest BCUT2D eigenvalue weighted by Crippen LogP contribution is -2.47. The van der Waals surface area contributed by atoms with Crippen LogP contribution in [0.2, 0.25) is 0 Å². The Bertz CT molecular complexity index is 405. The van der Waals surface area contributed by atoms with Crippen LogP contribution in [0.5, 0.6) is 0 Å². The Hall–Kier alpha value is -0.890. The van der Waals surface area contributed by atoms with Crippen molar-refractivity contribution in [3.05, 3.63) is 30.1 Å². The molecule has 0 bridgehead atoms. The molecular weight excluding hydrogens is 307 g/mol. The van der Waals surface area contributed by atoms with Crippen molar-refractivity contribution in [1.82, 2.24) is 15.2 Å². The van der Waals surface area contributed by atoms with Crippen LogP contribution < -0.4 is 5.32 Å². The Morgan fingerprint density at radius 2 is 2.24 bits per heavy atom. The van der Waals surface area contributed by atoms with Crippen molar-refractivity contribution in [3.8, 4) is 0 Å². The number of hydrogen-bond acceptors (Lipinski definition) is 4. The number of piperazine rings is 1. The van der Waals surface area contributed by atoms with Gasteiger partial charge in [-0.1, -0.05) is 6.07 Å². The van der Waals surface area contributed by atoms with E-state index in [2.05, 4.69) is 19.9 Å². The molecule has 1 N–H and O–H groups in total. The second-order valence-electron chi connectivity index (χ2n) is 4.71. The Labute approximate surface area is 128 Å². The van der Waals surface area contributed by atoms with Crippen molar-refractivity contribution < 1.29 is 17.9 Å². The average Bonchev–Trinajstić information content (AvgIpc) is 2.44. The van der Waals surface area contributed by atoms with Crippen LogP contribution >= 0.6 is 12.4 Å². The van der Waals surface area contributed by atoms with Crippen molar-refractivity contribution in [2.75, 3.05) is 39.4 Å². The van der Waals surface area contributed by atoms with Crippen LogP contribution in [0, 0.1) is 0 Å². The standard InChI is InChI=1S/C13H18F3N3O.ClH/c14-13(15,16)10-20-7-6-19-5-4-18-9-12(19)11-2-1-3-17-8-11;/h1-3,8,12,18H,4-7,9-10H2;1H. The summed E-state index contributed by atoms with van der Waals surface area (Å²) < 4.78 is 40.7. The van der Waals surface area contributed by atoms with Gasteiger partial charge in [0.05, 0.1) is 6.61 Å². The van der Waals surface area contributed by atoms with E-state index in [4.69, 9.17) is 0 Å². The molecular formula is C13H19ClF3N3O. The molecule has 1 saturated heterocycles. The summed E-state index contributed by atoms with van der Waals surface area (Å²) in [6.45, 7) is 1.76. The molecule has 120 valence electrons. The third-order valence-corrected chi connectivity index (χ3v) is 3.21. The van der Waals surface area contributed by atoms with Crippen molar-refractivity contribution in [2.45, 2.75) is 12.2 Å². The van der Waals surface area contributed by atoms with E-state index in [1.807, 2.05) is 12.1 Å². The summed E-state index contributed by atoms with van der Waals surface area (Å²) in [6, 6.07) is 3.98. The largest absolute Gasteiger partial charge is 0.411 e. The molecule has 0 radical (unpaired) electrons. The van der Waals surface area contributed by atoms with Crippen molar-refractivity contribution in [3.63, 3.8) is 0 Å². The van der Waals surface area contributed by atoms with Gasteiger partial charge in [-0.3, -0.25) is 9.88 Å². The Morgan fingerprint density at radius 3 is 2.90 bits per heavy atom. The van der Waals surface area contributed by atoms with Crippen LogP contribution in [0.25, 0.3) is 0 Å². The fourth-order valence-corrected chi connectivity index (χ4v) is 2.29. The average molecular weight is 326 g/mol. The monoisotopic (exact) mass is 325 g/mol. The SMILES string of the molecule is Cl.FC(F)(F)COCCN1CCNCC1c1cccnc1.